The van der Waals surface area contributed by atoms with Crippen molar-refractivity contribution in [1.82, 2.24) is 18.7 Å². The van der Waals surface area contributed by atoms with Crippen LogP contribution in [0.1, 0.15) is 64.2 Å². The van der Waals surface area contributed by atoms with Crippen LogP contribution in [0.5, 0.6) is 11.5 Å². The van der Waals surface area contributed by atoms with Gasteiger partial charge in [-0.25, -0.2) is 4.98 Å². The Morgan fingerprint density at radius 1 is 0.563 bits per heavy atom. The third-order valence-electron chi connectivity index (χ3n) is 12.9. The second-order valence-electron chi connectivity index (χ2n) is 16.7. The van der Waals surface area contributed by atoms with E-state index >= 15 is 0 Å². The highest BCUT2D eigenvalue weighted by atomic mass is 16.5. The van der Waals surface area contributed by atoms with E-state index in [1.807, 2.05) is 54.8 Å². The number of fused-ring (bicyclic) bond motifs is 7. The maximum atomic E-state index is 9.50. The van der Waals surface area contributed by atoms with E-state index in [0.717, 1.165) is 0 Å². The molecule has 0 unspecified atom stereocenters. The number of benzene rings is 9. The van der Waals surface area contributed by atoms with Gasteiger partial charge < -0.3 is 9.30 Å². The minimum atomic E-state index is -0.974. The van der Waals surface area contributed by atoms with Gasteiger partial charge >= 0.3 is 0 Å². The Hall–Kier alpha value is -9.00. The van der Waals surface area contributed by atoms with Crippen molar-refractivity contribution in [2.24, 2.45) is 0 Å². The number of nitrogens with zero attached hydrogens (tertiary/aromatic N) is 5. The smallest absolute Gasteiger partial charge is 0.269 e. The second-order valence-corrected chi connectivity index (χ2v) is 16.7. The van der Waals surface area contributed by atoms with Gasteiger partial charge in [-0.1, -0.05) is 177 Å². The molecule has 9 aromatic carbocycles. The summed E-state index contributed by atoms with van der Waals surface area (Å²) in [5, 5.41) is 0.880. The Labute approximate surface area is 439 Å². The molecule has 0 saturated carbocycles. The van der Waals surface area contributed by atoms with Crippen LogP contribution in [-0.2, 0) is 0 Å². The Balaban J connectivity index is 1.08. The lowest BCUT2D eigenvalue weighted by Crippen LogP contribution is -2.31. The first-order valence-electron chi connectivity index (χ1n) is 32.5. The fourth-order valence-corrected chi connectivity index (χ4v) is 9.81. The number of imidazole rings is 1. The lowest BCUT2D eigenvalue weighted by molar-refractivity contribution is -0.571. The van der Waals surface area contributed by atoms with Gasteiger partial charge in [-0.05, 0) is 95.0 Å². The van der Waals surface area contributed by atoms with Crippen molar-refractivity contribution < 1.29 is 35.3 Å². The topological polar surface area (TPSA) is 40.8 Å². The Kier molecular flexibility index (Phi) is 6.58. The number of rotatable bonds is 11. The molecule has 13 aromatic rings. The van der Waals surface area contributed by atoms with E-state index < -0.39 is 115 Å². The maximum Gasteiger partial charge on any atom is 0.269 e. The van der Waals surface area contributed by atoms with Gasteiger partial charge in [0.1, 0.15) is 17.3 Å². The van der Waals surface area contributed by atoms with Gasteiger partial charge in [0, 0.05) is 41.2 Å². The largest absolute Gasteiger partial charge is 0.458 e. The fraction of sp³-hybridized carbons (Fsp3) is 0.0769. The molecule has 4 heterocycles. The van der Waals surface area contributed by atoms with E-state index in [9.17, 15) is 6.85 Å². The van der Waals surface area contributed by atoms with Crippen LogP contribution < -0.4 is 9.30 Å². The quantitative estimate of drug-likeness (QED) is 0.0958. The van der Waals surface area contributed by atoms with Crippen molar-refractivity contribution >= 4 is 54.6 Å². The van der Waals surface area contributed by atoms with Gasteiger partial charge in [0.25, 0.3) is 6.33 Å². The molecule has 0 aliphatic heterocycles. The molecule has 71 heavy (non-hydrogen) atoms. The molecule has 6 heteroatoms. The highest BCUT2D eigenvalue weighted by molar-refractivity contribution is 6.16. The molecule has 0 saturated heterocycles. The van der Waals surface area contributed by atoms with E-state index in [4.69, 9.17) is 28.9 Å². The van der Waals surface area contributed by atoms with Crippen LogP contribution in [0.4, 0.5) is 0 Å². The van der Waals surface area contributed by atoms with Crippen molar-refractivity contribution in [3.8, 4) is 56.6 Å². The van der Waals surface area contributed by atoms with Crippen LogP contribution in [0, 0.1) is 6.33 Å². The van der Waals surface area contributed by atoms with E-state index in [1.165, 1.54) is 22.8 Å². The number of hydrogen-bond acceptors (Lipinski definition) is 2. The molecule has 340 valence electrons. The zero-order valence-corrected chi connectivity index (χ0v) is 38.1. The molecule has 0 fully saturated rings. The van der Waals surface area contributed by atoms with Crippen LogP contribution >= 0.6 is 0 Å². The van der Waals surface area contributed by atoms with Crippen molar-refractivity contribution in [1.29, 1.82) is 0 Å². The third kappa shape index (κ3) is 7.09. The highest BCUT2D eigenvalue weighted by Crippen LogP contribution is 2.43. The number of ether oxygens (including phenoxy) is 1. The lowest BCUT2D eigenvalue weighted by atomic mass is 9.95. The summed E-state index contributed by atoms with van der Waals surface area (Å²) in [5.74, 6) is -0.165. The van der Waals surface area contributed by atoms with E-state index in [2.05, 4.69) is 6.33 Å². The fourth-order valence-electron chi connectivity index (χ4n) is 9.81. The molecule has 13 rings (SSSR count). The average molecular weight is 935 g/mol. The highest BCUT2D eigenvalue weighted by Gasteiger charge is 2.24. The zero-order valence-electron chi connectivity index (χ0n) is 57.1. The molecule has 6 nitrogen and oxygen atoms in total. The number of hydrogen-bond donors (Lipinski definition) is 0. The maximum absolute atomic E-state index is 9.50. The van der Waals surface area contributed by atoms with Crippen LogP contribution in [0.3, 0.4) is 0 Å². The molecule has 0 N–H and O–H groups in total. The van der Waals surface area contributed by atoms with Gasteiger partial charge in [0.15, 0.2) is 0 Å². The van der Waals surface area contributed by atoms with Gasteiger partial charge in [0.2, 0.25) is 0 Å². The predicted octanol–water partition coefficient (Wildman–Crippen LogP) is 16.3. The van der Waals surface area contributed by atoms with Gasteiger partial charge in [0.05, 0.1) is 74.8 Å². The number of para-hydroxylation sites is 6. The SMILES string of the molecule is [2H]c1c([2H])c([2H])c(-c2cccc(-c3c([2H])c([2H])c([2H])c([2H])c3[2H])c2-[n+]2[c-]n(-c3cccc(Oc4cc(-n5c6c([2H])c([2H])c([2H])c([2H])c6c6c([2H])c([2H])c([2H])c([2H])c65)c5c6ccccc6n(-c6cc(C([2H])(CC)CC)ccn6)c5c4)c3)c3ccccc32)c([2H])c1[2H]. The Bertz CT molecular complexity index is 5060. The summed E-state index contributed by atoms with van der Waals surface area (Å²) in [6.45, 7) is 3.90. The lowest BCUT2D eigenvalue weighted by Gasteiger charge is -2.17. The van der Waals surface area contributed by atoms with Crippen LogP contribution in [0.25, 0.3) is 99.8 Å². The summed E-state index contributed by atoms with van der Waals surface area (Å²) in [6, 6.07) is 22.7. The monoisotopic (exact) mass is 935 g/mol. The minimum Gasteiger partial charge on any atom is -0.458 e. The van der Waals surface area contributed by atoms with Crippen molar-refractivity contribution in [3.63, 3.8) is 0 Å². The molecule has 0 amide bonds. The first-order valence-corrected chi connectivity index (χ1v) is 23.0. The van der Waals surface area contributed by atoms with Crippen molar-refractivity contribution in [2.75, 3.05) is 0 Å². The first-order chi connectivity index (χ1) is 43.0. The molecule has 0 aliphatic carbocycles. The predicted molar refractivity (Wildman–Crippen MR) is 291 cm³/mol. The first kappa shape index (κ1) is 26.7. The van der Waals surface area contributed by atoms with Gasteiger partial charge in [-0.3, -0.25) is 13.7 Å². The molecule has 4 aromatic heterocycles. The molecular weight excluding hydrogens is 867 g/mol. The van der Waals surface area contributed by atoms with Crippen molar-refractivity contribution in [2.45, 2.75) is 32.6 Å². The summed E-state index contributed by atoms with van der Waals surface area (Å²) in [5.41, 5.74) is 2.93. The molecule has 0 aliphatic rings. The van der Waals surface area contributed by atoms with E-state index in [-0.39, 0.29) is 66.9 Å². The zero-order chi connectivity index (χ0) is 64.0. The minimum absolute atomic E-state index is 0.0622. The summed E-state index contributed by atoms with van der Waals surface area (Å²) in [7, 11) is 0. The van der Waals surface area contributed by atoms with Crippen LogP contribution in [0.2, 0.25) is 0 Å². The Morgan fingerprint density at radius 3 is 1.90 bits per heavy atom. The van der Waals surface area contributed by atoms with E-state index in [0.29, 0.717) is 62.7 Å². The van der Waals surface area contributed by atoms with Gasteiger partial charge in [-0.2, -0.15) is 0 Å². The molecule has 0 spiro atoms. The standard InChI is InChI=1S/C65H49N5O/c1-3-44(4-2)47-37-38-66-63(39-47)70-58-34-16-13-29-55(58)64-61(69-56-32-14-11-27-53(56)54-28-12-15-33-57(54)69)41-50(42-62(64)70)71-49-26-19-25-48(40-49)67-43-68(60-36-18-17-35-59(60)67)65-51(45-21-7-5-8-22-45)30-20-31-52(65)46-23-9-6-10-24-46/h5-42,44H,3-4H2,1-2H3/i5D,6D,7D,8D,9D,10D,11D,12D,14D,15D,21D,22D,23D,24D,27D,28D,32D,33D,44D. The summed E-state index contributed by atoms with van der Waals surface area (Å²) >= 11 is 0. The van der Waals surface area contributed by atoms with Crippen LogP contribution in [0.15, 0.2) is 230 Å². The Morgan fingerprint density at radius 2 is 1.20 bits per heavy atom. The number of aromatic nitrogens is 5. The molecule has 0 atom stereocenters. The normalized spacial score (nSPS) is 15.7. The molecular formula is C65H49N5O. The van der Waals surface area contributed by atoms with Crippen LogP contribution in [-0.4, -0.2) is 18.7 Å². The summed E-state index contributed by atoms with van der Waals surface area (Å²) in [6.07, 6.45) is 6.04. The average Bonchev–Trinajstić information content (AvgIpc) is 1.55. The second kappa shape index (κ2) is 17.5. The number of pyridine rings is 1. The summed E-state index contributed by atoms with van der Waals surface area (Å²) < 4.78 is 184. The van der Waals surface area contributed by atoms with Crippen molar-refractivity contribution in [3.05, 3.63) is 242 Å². The molecule has 0 bridgehead atoms. The molecule has 0 radical (unpaired) electrons. The summed E-state index contributed by atoms with van der Waals surface area (Å²) in [4.78, 5) is 4.88. The van der Waals surface area contributed by atoms with E-state index in [1.54, 1.807) is 76.0 Å². The van der Waals surface area contributed by atoms with Gasteiger partial charge in [-0.15, -0.1) is 0 Å². The third-order valence-corrected chi connectivity index (χ3v) is 12.9.